The number of piperazine rings is 1. The van der Waals surface area contributed by atoms with Crippen molar-refractivity contribution in [3.8, 4) is 5.75 Å². The van der Waals surface area contributed by atoms with Gasteiger partial charge in [0.2, 0.25) is 11.8 Å². The van der Waals surface area contributed by atoms with Crippen LogP contribution in [0.4, 0.5) is 17.1 Å². The Morgan fingerprint density at radius 2 is 1.77 bits per heavy atom. The minimum Gasteiger partial charge on any atom is -0.497 e. The van der Waals surface area contributed by atoms with Crippen molar-refractivity contribution in [3.05, 3.63) is 48.5 Å². The van der Waals surface area contributed by atoms with Crippen molar-refractivity contribution in [2.24, 2.45) is 0 Å². The molecule has 2 aliphatic rings. The van der Waals surface area contributed by atoms with Crippen molar-refractivity contribution >= 4 is 28.9 Å². The van der Waals surface area contributed by atoms with E-state index in [0.29, 0.717) is 18.7 Å². The Labute approximate surface area is 177 Å². The van der Waals surface area contributed by atoms with Crippen molar-refractivity contribution in [1.29, 1.82) is 0 Å². The first-order chi connectivity index (χ1) is 14.5. The van der Waals surface area contributed by atoms with E-state index in [1.54, 1.807) is 12.0 Å². The molecule has 0 aromatic heterocycles. The van der Waals surface area contributed by atoms with Crippen LogP contribution in [-0.2, 0) is 9.59 Å². The molecule has 4 rings (SSSR count). The Balaban J connectivity index is 1.40. The quantitative estimate of drug-likeness (QED) is 0.843. The maximum Gasteiger partial charge on any atom is 0.241 e. The largest absolute Gasteiger partial charge is 0.497 e. The van der Waals surface area contributed by atoms with E-state index in [0.717, 1.165) is 37.6 Å². The SMILES string of the molecule is COc1ccc(N2CCN(CC(=O)N3c4ccccc4NC(=O)C[C@@H]3C)CC2)cc1. The van der Waals surface area contributed by atoms with Gasteiger partial charge in [-0.1, -0.05) is 12.1 Å². The summed E-state index contributed by atoms with van der Waals surface area (Å²) in [4.78, 5) is 31.7. The fourth-order valence-electron chi connectivity index (χ4n) is 4.19. The van der Waals surface area contributed by atoms with Crippen LogP contribution in [0.3, 0.4) is 0 Å². The molecule has 1 saturated heterocycles. The van der Waals surface area contributed by atoms with Crippen LogP contribution in [0.15, 0.2) is 48.5 Å². The van der Waals surface area contributed by atoms with Crippen molar-refractivity contribution in [2.45, 2.75) is 19.4 Å². The molecule has 2 aromatic rings. The number of hydrogen-bond acceptors (Lipinski definition) is 5. The van der Waals surface area contributed by atoms with E-state index in [1.165, 1.54) is 5.69 Å². The molecule has 1 N–H and O–H groups in total. The van der Waals surface area contributed by atoms with Crippen LogP contribution in [0.5, 0.6) is 5.75 Å². The van der Waals surface area contributed by atoms with Crippen LogP contribution in [0.2, 0.25) is 0 Å². The van der Waals surface area contributed by atoms with Gasteiger partial charge in [-0.2, -0.15) is 0 Å². The van der Waals surface area contributed by atoms with Crippen molar-refractivity contribution in [2.75, 3.05) is 55.0 Å². The second-order valence-corrected chi connectivity index (χ2v) is 7.84. The molecule has 0 spiro atoms. The lowest BCUT2D eigenvalue weighted by atomic mass is 10.1. The Hall–Kier alpha value is -3.06. The number of ether oxygens (including phenoxy) is 1. The zero-order valence-corrected chi connectivity index (χ0v) is 17.5. The zero-order chi connectivity index (χ0) is 21.1. The minimum absolute atomic E-state index is 0.0318. The molecule has 7 heteroatoms. The lowest BCUT2D eigenvalue weighted by Crippen LogP contribution is -2.51. The highest BCUT2D eigenvalue weighted by molar-refractivity contribution is 6.04. The molecular weight excluding hydrogens is 380 g/mol. The van der Waals surface area contributed by atoms with E-state index in [4.69, 9.17) is 4.74 Å². The van der Waals surface area contributed by atoms with Crippen molar-refractivity contribution in [3.63, 3.8) is 0 Å². The number of amides is 2. The number of fused-ring (bicyclic) bond motifs is 1. The zero-order valence-electron chi connectivity index (χ0n) is 17.5. The topological polar surface area (TPSA) is 65.1 Å². The number of rotatable bonds is 4. The first kappa shape index (κ1) is 20.2. The molecule has 7 nitrogen and oxygen atoms in total. The first-order valence-electron chi connectivity index (χ1n) is 10.4. The van der Waals surface area contributed by atoms with Gasteiger partial charge in [0, 0.05) is 44.3 Å². The van der Waals surface area contributed by atoms with Gasteiger partial charge >= 0.3 is 0 Å². The molecule has 2 aliphatic heterocycles. The van der Waals surface area contributed by atoms with E-state index >= 15 is 0 Å². The normalized spacial score (nSPS) is 19.7. The van der Waals surface area contributed by atoms with Crippen LogP contribution < -0.4 is 19.9 Å². The fraction of sp³-hybridized carbons (Fsp3) is 0.391. The molecule has 30 heavy (non-hydrogen) atoms. The molecule has 2 amide bonds. The number of nitrogens with zero attached hydrogens (tertiary/aromatic N) is 3. The second-order valence-electron chi connectivity index (χ2n) is 7.84. The smallest absolute Gasteiger partial charge is 0.241 e. The first-order valence-corrected chi connectivity index (χ1v) is 10.4. The van der Waals surface area contributed by atoms with E-state index in [9.17, 15) is 9.59 Å². The third-order valence-electron chi connectivity index (χ3n) is 5.80. The molecule has 0 saturated carbocycles. The number of methoxy groups -OCH3 is 1. The summed E-state index contributed by atoms with van der Waals surface area (Å²) < 4.78 is 5.23. The molecule has 1 fully saturated rings. The lowest BCUT2D eigenvalue weighted by Gasteiger charge is -2.37. The van der Waals surface area contributed by atoms with Gasteiger partial charge < -0.3 is 19.9 Å². The number of benzene rings is 2. The highest BCUT2D eigenvalue weighted by atomic mass is 16.5. The molecule has 0 radical (unpaired) electrons. The lowest BCUT2D eigenvalue weighted by molar-refractivity contribution is -0.120. The summed E-state index contributed by atoms with van der Waals surface area (Å²) in [5.74, 6) is 0.825. The standard InChI is InChI=1S/C23H28N4O3/c1-17-15-22(28)24-20-5-3-4-6-21(20)27(17)23(29)16-25-11-13-26(14-12-25)18-7-9-19(30-2)10-8-18/h3-10,17H,11-16H2,1-2H3,(H,24,28)/t17-/m0/s1. The van der Waals surface area contributed by atoms with Gasteiger partial charge in [0.05, 0.1) is 25.0 Å². The molecule has 158 valence electrons. The summed E-state index contributed by atoms with van der Waals surface area (Å²) in [5.41, 5.74) is 2.64. The maximum atomic E-state index is 13.2. The summed E-state index contributed by atoms with van der Waals surface area (Å²) >= 11 is 0. The predicted octanol–water partition coefficient (Wildman–Crippen LogP) is 2.58. The third-order valence-corrected chi connectivity index (χ3v) is 5.80. The molecule has 0 aliphatic carbocycles. The van der Waals surface area contributed by atoms with Gasteiger partial charge in [-0.3, -0.25) is 14.5 Å². The number of para-hydroxylation sites is 2. The van der Waals surface area contributed by atoms with E-state index in [1.807, 2.05) is 43.3 Å². The molecule has 0 unspecified atom stereocenters. The minimum atomic E-state index is -0.179. The maximum absolute atomic E-state index is 13.2. The van der Waals surface area contributed by atoms with Gasteiger partial charge in [0.15, 0.2) is 0 Å². The Kier molecular flexibility index (Phi) is 5.90. The molecule has 1 atom stereocenters. The summed E-state index contributed by atoms with van der Waals surface area (Å²) in [5, 5.41) is 2.91. The average Bonchev–Trinajstić information content (AvgIpc) is 2.88. The summed E-state index contributed by atoms with van der Waals surface area (Å²) in [7, 11) is 1.67. The van der Waals surface area contributed by atoms with Crippen LogP contribution in [0.25, 0.3) is 0 Å². The third kappa shape index (κ3) is 4.26. The summed E-state index contributed by atoms with van der Waals surface area (Å²) in [6, 6.07) is 15.4. The molecule has 0 bridgehead atoms. The Morgan fingerprint density at radius 1 is 1.07 bits per heavy atom. The fourth-order valence-corrected chi connectivity index (χ4v) is 4.19. The number of anilines is 3. The number of hydrogen-bond donors (Lipinski definition) is 1. The molecule has 2 heterocycles. The van der Waals surface area contributed by atoms with Crippen LogP contribution in [-0.4, -0.2) is 62.6 Å². The van der Waals surface area contributed by atoms with Crippen molar-refractivity contribution < 1.29 is 14.3 Å². The summed E-state index contributed by atoms with van der Waals surface area (Å²) in [6.45, 7) is 5.65. The average molecular weight is 409 g/mol. The summed E-state index contributed by atoms with van der Waals surface area (Å²) in [6.07, 6.45) is 0.297. The number of carbonyl (C=O) groups excluding carboxylic acids is 2. The monoisotopic (exact) mass is 408 g/mol. The van der Waals surface area contributed by atoms with Gasteiger partial charge in [0.1, 0.15) is 5.75 Å². The number of nitrogens with one attached hydrogen (secondary N) is 1. The van der Waals surface area contributed by atoms with E-state index in [-0.39, 0.29) is 17.9 Å². The Morgan fingerprint density at radius 3 is 2.47 bits per heavy atom. The van der Waals surface area contributed by atoms with Crippen molar-refractivity contribution in [1.82, 2.24) is 4.90 Å². The van der Waals surface area contributed by atoms with Gasteiger partial charge in [-0.05, 0) is 43.3 Å². The molecule has 2 aromatic carbocycles. The molecular formula is C23H28N4O3. The predicted molar refractivity (Wildman–Crippen MR) is 118 cm³/mol. The van der Waals surface area contributed by atoms with Crippen LogP contribution in [0.1, 0.15) is 13.3 Å². The van der Waals surface area contributed by atoms with Crippen LogP contribution in [0, 0.1) is 0 Å². The Bertz CT molecular complexity index is 907. The van der Waals surface area contributed by atoms with Gasteiger partial charge in [-0.25, -0.2) is 0 Å². The highest BCUT2D eigenvalue weighted by Gasteiger charge is 2.31. The van der Waals surface area contributed by atoms with E-state index < -0.39 is 0 Å². The number of carbonyl (C=O) groups is 2. The van der Waals surface area contributed by atoms with Crippen LogP contribution >= 0.6 is 0 Å². The van der Waals surface area contributed by atoms with Gasteiger partial charge in [-0.15, -0.1) is 0 Å². The second kappa shape index (κ2) is 8.75. The highest BCUT2D eigenvalue weighted by Crippen LogP contribution is 2.31. The van der Waals surface area contributed by atoms with Gasteiger partial charge in [0.25, 0.3) is 0 Å². The van der Waals surface area contributed by atoms with E-state index in [2.05, 4.69) is 27.2 Å².